The predicted octanol–water partition coefficient (Wildman–Crippen LogP) is 4.00. The largest absolute Gasteiger partial charge is 0.441 e. The molecule has 3 aromatic rings. The Morgan fingerprint density at radius 2 is 1.84 bits per heavy atom. The van der Waals surface area contributed by atoms with Crippen LogP contribution >= 0.6 is 11.8 Å². The number of nitrogens with zero attached hydrogens (tertiary/aromatic N) is 2. The van der Waals surface area contributed by atoms with Gasteiger partial charge in [0.25, 0.3) is 5.91 Å². The van der Waals surface area contributed by atoms with Gasteiger partial charge < -0.3 is 14.5 Å². The van der Waals surface area contributed by atoms with Crippen molar-refractivity contribution < 1.29 is 13.9 Å². The highest BCUT2D eigenvalue weighted by Crippen LogP contribution is 2.27. The van der Waals surface area contributed by atoms with Crippen LogP contribution in [0.15, 0.2) is 63.9 Å². The van der Waals surface area contributed by atoms with Gasteiger partial charge in [-0.3, -0.25) is 9.69 Å². The van der Waals surface area contributed by atoms with Crippen LogP contribution in [0, 0.1) is 6.92 Å². The SMILES string of the molecule is Cc1oc(-c2ccc(C(=O)NCCN3CCOCC3)cc2)nc1CSc1ccccc1. The van der Waals surface area contributed by atoms with Crippen LogP contribution in [0.5, 0.6) is 0 Å². The van der Waals surface area contributed by atoms with Crippen molar-refractivity contribution >= 4 is 17.7 Å². The number of morpholine rings is 1. The van der Waals surface area contributed by atoms with Gasteiger partial charge in [0.15, 0.2) is 0 Å². The lowest BCUT2D eigenvalue weighted by Gasteiger charge is -2.26. The van der Waals surface area contributed by atoms with Gasteiger partial charge in [-0.25, -0.2) is 4.98 Å². The molecule has 2 aromatic carbocycles. The fraction of sp³-hybridized carbons (Fsp3) is 0.333. The lowest BCUT2D eigenvalue weighted by atomic mass is 10.1. The lowest BCUT2D eigenvalue weighted by molar-refractivity contribution is 0.0383. The molecule has 0 unspecified atom stereocenters. The van der Waals surface area contributed by atoms with Crippen molar-refractivity contribution in [3.8, 4) is 11.5 Å². The van der Waals surface area contributed by atoms with Crippen LogP contribution in [0.4, 0.5) is 0 Å². The molecule has 0 atom stereocenters. The number of aromatic nitrogens is 1. The van der Waals surface area contributed by atoms with Gasteiger partial charge in [0.1, 0.15) is 5.76 Å². The monoisotopic (exact) mass is 437 g/mol. The molecule has 31 heavy (non-hydrogen) atoms. The number of nitrogens with one attached hydrogen (secondary N) is 1. The van der Waals surface area contributed by atoms with E-state index in [0.29, 0.717) is 18.0 Å². The topological polar surface area (TPSA) is 67.6 Å². The van der Waals surface area contributed by atoms with Crippen molar-refractivity contribution in [2.24, 2.45) is 0 Å². The van der Waals surface area contributed by atoms with Crippen LogP contribution in [0.3, 0.4) is 0 Å². The van der Waals surface area contributed by atoms with Crippen molar-refractivity contribution in [3.63, 3.8) is 0 Å². The number of thioether (sulfide) groups is 1. The Kier molecular flexibility index (Phi) is 7.40. The number of hydrogen-bond acceptors (Lipinski definition) is 6. The van der Waals surface area contributed by atoms with E-state index in [2.05, 4.69) is 27.3 Å². The first-order valence-electron chi connectivity index (χ1n) is 10.5. The zero-order valence-corrected chi connectivity index (χ0v) is 18.5. The molecule has 0 aliphatic carbocycles. The van der Waals surface area contributed by atoms with E-state index >= 15 is 0 Å². The molecular weight excluding hydrogens is 410 g/mol. The van der Waals surface area contributed by atoms with Crippen LogP contribution in [-0.2, 0) is 10.5 Å². The van der Waals surface area contributed by atoms with Gasteiger partial charge in [-0.1, -0.05) is 18.2 Å². The molecule has 1 aliphatic rings. The minimum absolute atomic E-state index is 0.0663. The van der Waals surface area contributed by atoms with E-state index in [1.165, 1.54) is 4.90 Å². The number of rotatable bonds is 8. The molecule has 162 valence electrons. The fourth-order valence-corrected chi connectivity index (χ4v) is 4.29. The average molecular weight is 438 g/mol. The van der Waals surface area contributed by atoms with Crippen molar-refractivity contribution in [1.82, 2.24) is 15.2 Å². The predicted molar refractivity (Wildman–Crippen MR) is 122 cm³/mol. The second-order valence-corrected chi connectivity index (χ2v) is 8.46. The standard InChI is InChI=1S/C24H27N3O3S/c1-18-22(17-31-21-5-3-2-4-6-21)26-24(30-18)20-9-7-19(8-10-20)23(28)25-11-12-27-13-15-29-16-14-27/h2-10H,11-17H2,1H3,(H,25,28). The highest BCUT2D eigenvalue weighted by atomic mass is 32.2. The number of amides is 1. The number of aryl methyl sites for hydroxylation is 1. The maximum Gasteiger partial charge on any atom is 0.251 e. The number of carbonyl (C=O) groups excluding carboxylic acids is 1. The Morgan fingerprint density at radius 1 is 1.10 bits per heavy atom. The molecule has 1 saturated heterocycles. The van der Waals surface area contributed by atoms with Crippen molar-refractivity contribution in [1.29, 1.82) is 0 Å². The van der Waals surface area contributed by atoms with E-state index in [-0.39, 0.29) is 5.91 Å². The Morgan fingerprint density at radius 3 is 2.58 bits per heavy atom. The summed E-state index contributed by atoms with van der Waals surface area (Å²) in [6.45, 7) is 6.78. The van der Waals surface area contributed by atoms with Crippen LogP contribution in [0.1, 0.15) is 21.8 Å². The molecule has 1 aromatic heterocycles. The first-order chi connectivity index (χ1) is 15.2. The fourth-order valence-electron chi connectivity index (χ4n) is 3.37. The summed E-state index contributed by atoms with van der Waals surface area (Å²) < 4.78 is 11.2. The van der Waals surface area contributed by atoms with Gasteiger partial charge in [0.2, 0.25) is 5.89 Å². The maximum absolute atomic E-state index is 12.4. The molecule has 1 amide bonds. The zero-order valence-electron chi connectivity index (χ0n) is 17.7. The molecule has 0 spiro atoms. The summed E-state index contributed by atoms with van der Waals surface area (Å²) in [7, 11) is 0. The average Bonchev–Trinajstić information content (AvgIpc) is 3.19. The first-order valence-corrected chi connectivity index (χ1v) is 11.5. The second kappa shape index (κ2) is 10.6. The molecule has 4 rings (SSSR count). The molecular formula is C24H27N3O3S. The van der Waals surface area contributed by atoms with Crippen molar-refractivity contribution in [2.45, 2.75) is 17.6 Å². The smallest absolute Gasteiger partial charge is 0.251 e. The summed E-state index contributed by atoms with van der Waals surface area (Å²) in [5.74, 6) is 2.09. The quantitative estimate of drug-likeness (QED) is 0.537. The molecule has 1 aliphatic heterocycles. The number of carbonyl (C=O) groups is 1. The lowest BCUT2D eigenvalue weighted by Crippen LogP contribution is -2.41. The van der Waals surface area contributed by atoms with E-state index in [1.807, 2.05) is 49.4 Å². The van der Waals surface area contributed by atoms with E-state index in [9.17, 15) is 4.79 Å². The maximum atomic E-state index is 12.4. The third kappa shape index (κ3) is 5.97. The number of ether oxygens (including phenoxy) is 1. The molecule has 0 saturated carbocycles. The summed E-state index contributed by atoms with van der Waals surface area (Å²) >= 11 is 1.73. The molecule has 6 nitrogen and oxygen atoms in total. The van der Waals surface area contributed by atoms with E-state index in [0.717, 1.165) is 55.6 Å². The first kappa shape index (κ1) is 21.6. The Labute approximate surface area is 187 Å². The summed E-state index contributed by atoms with van der Waals surface area (Å²) in [6.07, 6.45) is 0. The van der Waals surface area contributed by atoms with Crippen LogP contribution in [0.25, 0.3) is 11.5 Å². The molecule has 2 heterocycles. The molecule has 1 N–H and O–H groups in total. The number of oxazole rings is 1. The Hall–Kier alpha value is -2.61. The molecule has 1 fully saturated rings. The van der Waals surface area contributed by atoms with Gasteiger partial charge in [0, 0.05) is 48.0 Å². The highest BCUT2D eigenvalue weighted by molar-refractivity contribution is 7.98. The molecule has 0 radical (unpaired) electrons. The molecule has 7 heteroatoms. The van der Waals surface area contributed by atoms with Crippen LogP contribution in [0.2, 0.25) is 0 Å². The van der Waals surface area contributed by atoms with E-state index in [1.54, 1.807) is 11.8 Å². The second-order valence-electron chi connectivity index (χ2n) is 7.41. The summed E-state index contributed by atoms with van der Waals surface area (Å²) in [6, 6.07) is 17.7. The van der Waals surface area contributed by atoms with Crippen LogP contribution < -0.4 is 5.32 Å². The minimum atomic E-state index is -0.0663. The van der Waals surface area contributed by atoms with Crippen molar-refractivity contribution in [2.75, 3.05) is 39.4 Å². The van der Waals surface area contributed by atoms with Gasteiger partial charge in [0.05, 0.1) is 18.9 Å². The Balaban J connectivity index is 1.31. The van der Waals surface area contributed by atoms with E-state index in [4.69, 9.17) is 9.15 Å². The van der Waals surface area contributed by atoms with Gasteiger partial charge >= 0.3 is 0 Å². The van der Waals surface area contributed by atoms with Crippen molar-refractivity contribution in [3.05, 3.63) is 71.6 Å². The van der Waals surface area contributed by atoms with Gasteiger partial charge in [-0.15, -0.1) is 11.8 Å². The normalized spacial score (nSPS) is 14.5. The third-order valence-electron chi connectivity index (χ3n) is 5.22. The van der Waals surface area contributed by atoms with E-state index < -0.39 is 0 Å². The third-order valence-corrected chi connectivity index (χ3v) is 6.25. The zero-order chi connectivity index (χ0) is 21.5. The highest BCUT2D eigenvalue weighted by Gasteiger charge is 2.14. The minimum Gasteiger partial charge on any atom is -0.441 e. The van der Waals surface area contributed by atoms with Crippen LogP contribution in [-0.4, -0.2) is 55.2 Å². The van der Waals surface area contributed by atoms with Gasteiger partial charge in [-0.2, -0.15) is 0 Å². The Bertz CT molecular complexity index is 983. The van der Waals surface area contributed by atoms with Gasteiger partial charge in [-0.05, 0) is 43.3 Å². The molecule has 0 bridgehead atoms. The number of benzene rings is 2. The summed E-state index contributed by atoms with van der Waals surface area (Å²) in [5, 5.41) is 2.99. The summed E-state index contributed by atoms with van der Waals surface area (Å²) in [5.41, 5.74) is 2.44. The number of hydrogen-bond donors (Lipinski definition) is 1. The summed E-state index contributed by atoms with van der Waals surface area (Å²) in [4.78, 5) is 20.6.